The lowest BCUT2D eigenvalue weighted by Gasteiger charge is -2.16. The zero-order chi connectivity index (χ0) is 15.0. The summed E-state index contributed by atoms with van der Waals surface area (Å²) in [5, 5.41) is 19.7. The van der Waals surface area contributed by atoms with Crippen molar-refractivity contribution in [2.45, 2.75) is 18.9 Å². The van der Waals surface area contributed by atoms with Crippen LogP contribution in [0.3, 0.4) is 0 Å². The maximum atomic E-state index is 11.1. The van der Waals surface area contributed by atoms with Gasteiger partial charge in [-0.3, -0.25) is 4.79 Å². The number of benzene rings is 2. The van der Waals surface area contributed by atoms with Crippen molar-refractivity contribution in [1.29, 1.82) is 0 Å². The van der Waals surface area contributed by atoms with Gasteiger partial charge in [-0.05, 0) is 34.7 Å². The van der Waals surface area contributed by atoms with Crippen molar-refractivity contribution >= 4 is 18.1 Å². The molecule has 3 rings (SSSR count). The highest BCUT2D eigenvalue weighted by Gasteiger charge is 2.21. The van der Waals surface area contributed by atoms with Gasteiger partial charge in [0.05, 0.1) is 5.92 Å². The highest BCUT2D eigenvalue weighted by atomic mass is 16.4. The van der Waals surface area contributed by atoms with Gasteiger partial charge in [0, 0.05) is 0 Å². The summed E-state index contributed by atoms with van der Waals surface area (Å²) in [5.41, 5.74) is 4.26. The number of fused-ring (bicyclic) bond motifs is 2. The van der Waals surface area contributed by atoms with E-state index in [0.717, 1.165) is 27.8 Å². The van der Waals surface area contributed by atoms with E-state index in [2.05, 4.69) is 0 Å². The quantitative estimate of drug-likeness (QED) is 0.886. The second kappa shape index (κ2) is 5.19. The van der Waals surface area contributed by atoms with Crippen molar-refractivity contribution in [2.75, 3.05) is 0 Å². The first kappa shape index (κ1) is 13.6. The summed E-state index contributed by atoms with van der Waals surface area (Å²) in [7, 11) is 0. The van der Waals surface area contributed by atoms with Crippen LogP contribution in [0.1, 0.15) is 46.8 Å². The third-order valence-corrected chi connectivity index (χ3v) is 4.01. The molecule has 0 amide bonds. The molecule has 0 fully saturated rings. The van der Waals surface area contributed by atoms with Crippen LogP contribution in [0.25, 0.3) is 12.2 Å². The Morgan fingerprint density at radius 2 is 1.71 bits per heavy atom. The van der Waals surface area contributed by atoms with Gasteiger partial charge in [-0.25, -0.2) is 0 Å². The average molecular weight is 280 g/mol. The summed E-state index contributed by atoms with van der Waals surface area (Å²) < 4.78 is 0. The largest absolute Gasteiger partial charge is 0.481 e. The molecule has 106 valence electrons. The molecule has 2 N–H and O–H groups in total. The zero-order valence-corrected chi connectivity index (χ0v) is 11.7. The Balaban J connectivity index is 2.11. The van der Waals surface area contributed by atoms with Crippen molar-refractivity contribution in [3.63, 3.8) is 0 Å². The Labute approximate surface area is 123 Å². The Morgan fingerprint density at radius 1 is 1.05 bits per heavy atom. The number of aliphatic carboxylic acids is 1. The summed E-state index contributed by atoms with van der Waals surface area (Å²) in [6, 6.07) is 13.2. The number of carbonyl (C=O) groups is 1. The fraction of sp³-hybridized carbons (Fsp3) is 0.167. The van der Waals surface area contributed by atoms with E-state index >= 15 is 0 Å². The molecule has 0 spiro atoms. The average Bonchev–Trinajstić information content (AvgIpc) is 2.64. The van der Waals surface area contributed by atoms with Gasteiger partial charge in [0.2, 0.25) is 0 Å². The highest BCUT2D eigenvalue weighted by molar-refractivity contribution is 5.79. The number of hydrogen-bond acceptors (Lipinski definition) is 2. The van der Waals surface area contributed by atoms with Gasteiger partial charge in [0.15, 0.2) is 0 Å². The number of aliphatic hydroxyl groups excluding tert-OH is 1. The van der Waals surface area contributed by atoms with Crippen LogP contribution >= 0.6 is 0 Å². The molecular weight excluding hydrogens is 264 g/mol. The molecule has 2 atom stereocenters. The van der Waals surface area contributed by atoms with Crippen molar-refractivity contribution in [3.8, 4) is 0 Å². The molecule has 21 heavy (non-hydrogen) atoms. The van der Waals surface area contributed by atoms with E-state index in [9.17, 15) is 9.90 Å². The summed E-state index contributed by atoms with van der Waals surface area (Å²) in [6.07, 6.45) is 3.20. The van der Waals surface area contributed by atoms with Crippen LogP contribution in [0.15, 0.2) is 42.5 Å². The van der Waals surface area contributed by atoms with Gasteiger partial charge in [-0.2, -0.15) is 0 Å². The molecule has 3 nitrogen and oxygen atoms in total. The molecule has 0 bridgehead atoms. The Hall–Kier alpha value is -2.39. The first-order valence-electron chi connectivity index (χ1n) is 6.89. The van der Waals surface area contributed by atoms with Gasteiger partial charge in [-0.15, -0.1) is 0 Å². The molecule has 1 aliphatic rings. The Kier molecular flexibility index (Phi) is 3.35. The van der Waals surface area contributed by atoms with Crippen LogP contribution in [0, 0.1) is 0 Å². The van der Waals surface area contributed by atoms with Crippen molar-refractivity contribution in [2.24, 2.45) is 0 Å². The van der Waals surface area contributed by atoms with E-state index < -0.39 is 18.0 Å². The van der Waals surface area contributed by atoms with E-state index in [1.807, 2.05) is 48.6 Å². The third kappa shape index (κ3) is 2.36. The van der Waals surface area contributed by atoms with Gasteiger partial charge in [0.25, 0.3) is 0 Å². The standard InChI is InChI=1S/C18H16O3/c1-11(18(20)21)13-8-9-16-14(10-13)7-6-12-4-2-3-5-15(12)17(16)19/h2-11,17,19H,1H3,(H,20,21). The van der Waals surface area contributed by atoms with Crippen molar-refractivity contribution < 1.29 is 15.0 Å². The number of rotatable bonds is 2. The zero-order valence-electron chi connectivity index (χ0n) is 11.7. The lowest BCUT2D eigenvalue weighted by Crippen LogP contribution is -2.09. The number of carboxylic acids is 1. The minimum absolute atomic E-state index is 0.563. The smallest absolute Gasteiger partial charge is 0.310 e. The second-order valence-corrected chi connectivity index (χ2v) is 5.31. The minimum Gasteiger partial charge on any atom is -0.481 e. The molecule has 0 aliphatic heterocycles. The second-order valence-electron chi connectivity index (χ2n) is 5.31. The van der Waals surface area contributed by atoms with E-state index in [-0.39, 0.29) is 0 Å². The molecule has 3 heteroatoms. The third-order valence-electron chi connectivity index (χ3n) is 4.01. The Morgan fingerprint density at radius 3 is 2.48 bits per heavy atom. The minimum atomic E-state index is -0.851. The number of hydrogen-bond donors (Lipinski definition) is 2. The number of aliphatic hydroxyl groups is 1. The predicted molar refractivity (Wildman–Crippen MR) is 81.9 cm³/mol. The molecular formula is C18H16O3. The lowest BCUT2D eigenvalue weighted by molar-refractivity contribution is -0.138. The van der Waals surface area contributed by atoms with Crippen LogP contribution in [-0.4, -0.2) is 16.2 Å². The lowest BCUT2D eigenvalue weighted by atomic mass is 9.92. The Bertz CT molecular complexity index is 731. The maximum absolute atomic E-state index is 11.1. The predicted octanol–water partition coefficient (Wildman–Crippen LogP) is 3.44. The first-order chi connectivity index (χ1) is 10.1. The molecule has 0 heterocycles. The topological polar surface area (TPSA) is 57.5 Å². The fourth-order valence-corrected chi connectivity index (χ4v) is 2.66. The highest BCUT2D eigenvalue weighted by Crippen LogP contribution is 2.34. The van der Waals surface area contributed by atoms with E-state index in [4.69, 9.17) is 5.11 Å². The molecule has 1 aliphatic carbocycles. The van der Waals surface area contributed by atoms with E-state index in [1.165, 1.54) is 0 Å². The first-order valence-corrected chi connectivity index (χ1v) is 6.89. The maximum Gasteiger partial charge on any atom is 0.310 e. The molecule has 0 radical (unpaired) electrons. The molecule has 0 saturated carbocycles. The molecule has 2 unspecified atom stereocenters. The molecule has 2 aromatic rings. The molecule has 2 aromatic carbocycles. The number of carboxylic acid groups (broad SMARTS) is 1. The molecule has 0 saturated heterocycles. The summed E-state index contributed by atoms with van der Waals surface area (Å²) >= 11 is 0. The summed E-state index contributed by atoms with van der Waals surface area (Å²) in [6.45, 7) is 1.66. The van der Waals surface area contributed by atoms with Crippen LogP contribution < -0.4 is 0 Å². The van der Waals surface area contributed by atoms with Gasteiger partial charge < -0.3 is 10.2 Å². The van der Waals surface area contributed by atoms with Crippen LogP contribution in [0.5, 0.6) is 0 Å². The SMILES string of the molecule is CC(C(=O)O)c1ccc2c(c1)C=Cc1ccccc1C2O. The van der Waals surface area contributed by atoms with Crippen molar-refractivity contribution in [3.05, 3.63) is 70.3 Å². The van der Waals surface area contributed by atoms with Gasteiger partial charge in [-0.1, -0.05) is 54.6 Å². The van der Waals surface area contributed by atoms with Crippen LogP contribution in [0.2, 0.25) is 0 Å². The summed E-state index contributed by atoms with van der Waals surface area (Å²) in [5.74, 6) is -1.41. The monoisotopic (exact) mass is 280 g/mol. The van der Waals surface area contributed by atoms with Crippen molar-refractivity contribution in [1.82, 2.24) is 0 Å². The van der Waals surface area contributed by atoms with E-state index in [1.54, 1.807) is 13.0 Å². The fourth-order valence-electron chi connectivity index (χ4n) is 2.66. The van der Waals surface area contributed by atoms with Gasteiger partial charge in [0.1, 0.15) is 6.10 Å². The van der Waals surface area contributed by atoms with Crippen LogP contribution in [0.4, 0.5) is 0 Å². The molecule has 0 aromatic heterocycles. The van der Waals surface area contributed by atoms with Crippen LogP contribution in [-0.2, 0) is 4.79 Å². The van der Waals surface area contributed by atoms with Gasteiger partial charge >= 0.3 is 5.97 Å². The van der Waals surface area contributed by atoms with E-state index in [0.29, 0.717) is 0 Å². The normalized spacial score (nSPS) is 17.5. The summed E-state index contributed by atoms with van der Waals surface area (Å²) in [4.78, 5) is 11.1.